The first kappa shape index (κ1) is 15.0. The fourth-order valence-corrected chi connectivity index (χ4v) is 2.73. The smallest absolute Gasteiger partial charge is 0.341 e. The maximum atomic E-state index is 11.9. The van der Waals surface area contributed by atoms with Crippen LogP contribution >= 0.6 is 0 Å². The molecule has 0 fully saturated rings. The van der Waals surface area contributed by atoms with Gasteiger partial charge in [-0.3, -0.25) is 10.1 Å². The lowest BCUT2D eigenvalue weighted by molar-refractivity contribution is -0.384. The molecule has 0 bridgehead atoms. The van der Waals surface area contributed by atoms with Crippen LogP contribution in [0.3, 0.4) is 0 Å². The van der Waals surface area contributed by atoms with Crippen molar-refractivity contribution in [2.75, 3.05) is 7.11 Å². The maximum Gasteiger partial charge on any atom is 0.341 e. The Morgan fingerprint density at radius 3 is 2.65 bits per heavy atom. The van der Waals surface area contributed by atoms with Crippen LogP contribution in [0.2, 0.25) is 0 Å². The summed E-state index contributed by atoms with van der Waals surface area (Å²) in [4.78, 5) is 22.2. The topological polar surface area (TPSA) is 78.7 Å². The predicted octanol–water partition coefficient (Wildman–Crippen LogP) is 3.66. The summed E-state index contributed by atoms with van der Waals surface area (Å²) in [5.41, 5.74) is 2.40. The van der Waals surface area contributed by atoms with Gasteiger partial charge in [0.15, 0.2) is 0 Å². The summed E-state index contributed by atoms with van der Waals surface area (Å²) in [7, 11) is 1.22. The Hall–Kier alpha value is -2.89. The van der Waals surface area contributed by atoms with Crippen LogP contribution in [0, 0.1) is 10.1 Å². The van der Waals surface area contributed by atoms with Crippen molar-refractivity contribution in [3.05, 3.63) is 63.2 Å². The first-order valence-corrected chi connectivity index (χ1v) is 7.25. The van der Waals surface area contributed by atoms with Gasteiger partial charge in [-0.05, 0) is 48.6 Å². The number of methoxy groups -OCH3 is 1. The first-order chi connectivity index (χ1) is 11.1. The Kier molecular flexibility index (Phi) is 3.97. The first-order valence-electron chi connectivity index (χ1n) is 7.25. The van der Waals surface area contributed by atoms with Crippen LogP contribution in [-0.4, -0.2) is 18.0 Å². The Bertz CT molecular complexity index is 785. The number of hydrogen-bond acceptors (Lipinski definition) is 5. The molecule has 3 rings (SSSR count). The molecule has 6 nitrogen and oxygen atoms in total. The van der Waals surface area contributed by atoms with Gasteiger partial charge < -0.3 is 9.47 Å². The van der Waals surface area contributed by atoms with Crippen molar-refractivity contribution in [3.63, 3.8) is 0 Å². The normalized spacial score (nSPS) is 12.6. The number of carbonyl (C=O) groups is 1. The number of nitrogens with zero attached hydrogens (tertiary/aromatic N) is 1. The highest BCUT2D eigenvalue weighted by molar-refractivity contribution is 5.93. The van der Waals surface area contributed by atoms with E-state index in [1.165, 1.54) is 30.4 Å². The average Bonchev–Trinajstić information content (AvgIpc) is 3.02. The average molecular weight is 313 g/mol. The standard InChI is InChI=1S/C17H15NO5/c1-22-17(19)15-10-13(18(20)21)6-8-16(15)23-14-7-5-11-3-2-4-12(11)9-14/h5-10H,2-4H2,1H3. The molecule has 0 saturated heterocycles. The molecular formula is C17H15NO5. The second kappa shape index (κ2) is 6.08. The van der Waals surface area contributed by atoms with E-state index in [9.17, 15) is 14.9 Å². The summed E-state index contributed by atoms with van der Waals surface area (Å²) in [6.07, 6.45) is 3.21. The number of nitro groups is 1. The maximum absolute atomic E-state index is 11.9. The lowest BCUT2D eigenvalue weighted by Crippen LogP contribution is -2.05. The van der Waals surface area contributed by atoms with Crippen LogP contribution in [0.1, 0.15) is 27.9 Å². The van der Waals surface area contributed by atoms with Crippen LogP contribution in [0.4, 0.5) is 5.69 Å². The van der Waals surface area contributed by atoms with Crippen molar-refractivity contribution >= 4 is 11.7 Å². The molecule has 0 unspecified atom stereocenters. The summed E-state index contributed by atoms with van der Waals surface area (Å²) in [5.74, 6) is 0.162. The number of carbonyl (C=O) groups excluding carboxylic acids is 1. The van der Waals surface area contributed by atoms with Crippen molar-refractivity contribution < 1.29 is 19.2 Å². The second-order valence-corrected chi connectivity index (χ2v) is 5.32. The number of fused-ring (bicyclic) bond motifs is 1. The minimum absolute atomic E-state index is 0.0298. The minimum Gasteiger partial charge on any atom is -0.465 e. The van der Waals surface area contributed by atoms with Crippen LogP contribution in [0.15, 0.2) is 36.4 Å². The van der Waals surface area contributed by atoms with E-state index in [4.69, 9.17) is 4.74 Å². The van der Waals surface area contributed by atoms with Gasteiger partial charge in [0.05, 0.1) is 12.0 Å². The molecule has 2 aromatic carbocycles. The summed E-state index contributed by atoms with van der Waals surface area (Å²) in [6, 6.07) is 9.68. The summed E-state index contributed by atoms with van der Waals surface area (Å²) < 4.78 is 10.5. The van der Waals surface area contributed by atoms with Gasteiger partial charge in [-0.25, -0.2) is 4.79 Å². The molecule has 0 N–H and O–H groups in total. The Morgan fingerprint density at radius 2 is 1.91 bits per heavy atom. The molecule has 0 spiro atoms. The molecule has 0 amide bonds. The largest absolute Gasteiger partial charge is 0.465 e. The van der Waals surface area contributed by atoms with Gasteiger partial charge in [0.2, 0.25) is 0 Å². The number of rotatable bonds is 4. The molecule has 2 aromatic rings. The molecule has 118 valence electrons. The number of benzene rings is 2. The van der Waals surface area contributed by atoms with Gasteiger partial charge in [0.25, 0.3) is 5.69 Å². The van der Waals surface area contributed by atoms with Gasteiger partial charge in [-0.2, -0.15) is 0 Å². The SMILES string of the molecule is COC(=O)c1cc([N+](=O)[O-])ccc1Oc1ccc2c(c1)CCC2. The molecule has 0 saturated carbocycles. The number of non-ortho nitro benzene ring substituents is 1. The summed E-state index contributed by atoms with van der Waals surface area (Å²) in [5, 5.41) is 10.9. The molecule has 23 heavy (non-hydrogen) atoms. The molecule has 0 atom stereocenters. The number of nitro benzene ring substituents is 1. The van der Waals surface area contributed by atoms with Gasteiger partial charge >= 0.3 is 5.97 Å². The van der Waals surface area contributed by atoms with E-state index in [1.54, 1.807) is 0 Å². The third-order valence-electron chi connectivity index (χ3n) is 3.88. The van der Waals surface area contributed by atoms with Crippen LogP contribution in [-0.2, 0) is 17.6 Å². The highest BCUT2D eigenvalue weighted by Crippen LogP contribution is 2.32. The quantitative estimate of drug-likeness (QED) is 0.489. The van der Waals surface area contributed by atoms with E-state index in [1.807, 2.05) is 18.2 Å². The third-order valence-corrected chi connectivity index (χ3v) is 3.88. The van der Waals surface area contributed by atoms with E-state index in [-0.39, 0.29) is 17.0 Å². The number of ether oxygens (including phenoxy) is 2. The van der Waals surface area contributed by atoms with E-state index in [2.05, 4.69) is 4.74 Å². The fraction of sp³-hybridized carbons (Fsp3) is 0.235. The molecule has 0 aliphatic heterocycles. The van der Waals surface area contributed by atoms with Gasteiger partial charge in [0.1, 0.15) is 17.1 Å². The molecule has 1 aliphatic carbocycles. The fourth-order valence-electron chi connectivity index (χ4n) is 2.73. The number of esters is 1. The lowest BCUT2D eigenvalue weighted by atomic mass is 10.1. The Morgan fingerprint density at radius 1 is 1.13 bits per heavy atom. The van der Waals surface area contributed by atoms with Crippen molar-refractivity contribution in [1.29, 1.82) is 0 Å². The zero-order valence-electron chi connectivity index (χ0n) is 12.6. The van der Waals surface area contributed by atoms with Crippen LogP contribution in [0.5, 0.6) is 11.5 Å². The summed E-state index contributed by atoms with van der Waals surface area (Å²) >= 11 is 0. The zero-order chi connectivity index (χ0) is 16.4. The van der Waals surface area contributed by atoms with Gasteiger partial charge in [-0.1, -0.05) is 6.07 Å². The van der Waals surface area contributed by atoms with Crippen LogP contribution < -0.4 is 4.74 Å². The molecule has 0 radical (unpaired) electrons. The highest BCUT2D eigenvalue weighted by atomic mass is 16.6. The lowest BCUT2D eigenvalue weighted by Gasteiger charge is -2.11. The molecule has 6 heteroatoms. The van der Waals surface area contributed by atoms with Crippen molar-refractivity contribution in [3.8, 4) is 11.5 Å². The van der Waals surface area contributed by atoms with Gasteiger partial charge in [-0.15, -0.1) is 0 Å². The molecule has 0 aromatic heterocycles. The van der Waals surface area contributed by atoms with E-state index < -0.39 is 10.9 Å². The Labute approximate surface area is 132 Å². The molecular weight excluding hydrogens is 298 g/mol. The van der Waals surface area contributed by atoms with Crippen molar-refractivity contribution in [2.45, 2.75) is 19.3 Å². The minimum atomic E-state index is -0.676. The third kappa shape index (κ3) is 3.01. The van der Waals surface area contributed by atoms with Crippen molar-refractivity contribution in [2.24, 2.45) is 0 Å². The molecule has 0 heterocycles. The van der Waals surface area contributed by atoms with E-state index >= 15 is 0 Å². The predicted molar refractivity (Wildman–Crippen MR) is 83.0 cm³/mol. The van der Waals surface area contributed by atoms with Crippen molar-refractivity contribution in [1.82, 2.24) is 0 Å². The van der Waals surface area contributed by atoms with E-state index in [0.717, 1.165) is 25.3 Å². The highest BCUT2D eigenvalue weighted by Gasteiger charge is 2.19. The number of hydrogen-bond donors (Lipinski definition) is 0. The number of aryl methyl sites for hydroxylation is 2. The van der Waals surface area contributed by atoms with E-state index in [0.29, 0.717) is 5.75 Å². The van der Waals surface area contributed by atoms with Crippen LogP contribution in [0.25, 0.3) is 0 Å². The zero-order valence-corrected chi connectivity index (χ0v) is 12.6. The summed E-state index contributed by atoms with van der Waals surface area (Å²) in [6.45, 7) is 0. The second-order valence-electron chi connectivity index (χ2n) is 5.32. The Balaban J connectivity index is 1.95. The van der Waals surface area contributed by atoms with Gasteiger partial charge in [0, 0.05) is 12.1 Å². The molecule has 1 aliphatic rings. The monoisotopic (exact) mass is 313 g/mol.